The van der Waals surface area contributed by atoms with E-state index in [0.717, 1.165) is 36.4 Å². The first-order valence-electron chi connectivity index (χ1n) is 9.73. The van der Waals surface area contributed by atoms with Gasteiger partial charge in [-0.2, -0.15) is 3.71 Å². The molecular formula is C22H20FN3O6S2. The van der Waals surface area contributed by atoms with Crippen LogP contribution in [0, 0.1) is 5.82 Å². The van der Waals surface area contributed by atoms with Gasteiger partial charge in [0.25, 0.3) is 20.0 Å². The van der Waals surface area contributed by atoms with Crippen LogP contribution < -0.4 is 14.3 Å². The third-order valence-electron chi connectivity index (χ3n) is 4.43. The van der Waals surface area contributed by atoms with Gasteiger partial charge in [-0.25, -0.2) is 21.2 Å². The summed E-state index contributed by atoms with van der Waals surface area (Å²) in [7, 11) is -9.67. The number of para-hydroxylation sites is 1. The predicted molar refractivity (Wildman–Crippen MR) is 125 cm³/mol. The van der Waals surface area contributed by atoms with Crippen LogP contribution in [0.5, 0.6) is 0 Å². The summed E-state index contributed by atoms with van der Waals surface area (Å²) in [5.41, 5.74) is -0.111. The molecule has 2 N–H and O–H groups in total. The molecule has 3 aromatic carbocycles. The van der Waals surface area contributed by atoms with Crippen LogP contribution >= 0.6 is 0 Å². The maximum absolute atomic E-state index is 14.7. The van der Waals surface area contributed by atoms with Gasteiger partial charge in [0.1, 0.15) is 11.5 Å². The number of amides is 2. The highest BCUT2D eigenvalue weighted by Crippen LogP contribution is 2.33. The summed E-state index contributed by atoms with van der Waals surface area (Å²) in [4.78, 5) is 21.5. The van der Waals surface area contributed by atoms with E-state index in [9.17, 15) is 30.8 Å². The molecule has 0 fully saturated rings. The zero-order valence-corrected chi connectivity index (χ0v) is 19.7. The second-order valence-corrected chi connectivity index (χ2v) is 10.9. The highest BCUT2D eigenvalue weighted by atomic mass is 32.3. The van der Waals surface area contributed by atoms with Crippen LogP contribution in [0.25, 0.3) is 0 Å². The van der Waals surface area contributed by atoms with Crippen molar-refractivity contribution in [2.75, 3.05) is 14.3 Å². The number of carbonyl (C=O) groups is 2. The molecule has 0 aromatic heterocycles. The summed E-state index contributed by atoms with van der Waals surface area (Å²) >= 11 is 0. The van der Waals surface area contributed by atoms with Crippen LogP contribution in [-0.4, -0.2) is 28.6 Å². The Hall–Kier alpha value is -3.77. The number of hydrogen-bond acceptors (Lipinski definition) is 6. The standard InChI is InChI=1S/C22H20FN3O6S2/c1-15(27)24-17-7-11-19(12-8-17)33(29,30)26(22-6-4-3-5-21(22)23)34(31,32)20-13-9-18(10-14-20)25-16(2)28/h3-14H,1-2H3,(H,24,27)(H,25,28). The Balaban J connectivity index is 2.15. The molecule has 0 heterocycles. The first kappa shape index (κ1) is 24.9. The van der Waals surface area contributed by atoms with Crippen LogP contribution in [0.1, 0.15) is 13.8 Å². The molecule has 12 heteroatoms. The van der Waals surface area contributed by atoms with Crippen molar-refractivity contribution in [2.45, 2.75) is 23.6 Å². The summed E-state index contributed by atoms with van der Waals surface area (Å²) in [6.45, 7) is 2.54. The van der Waals surface area contributed by atoms with Crippen molar-refractivity contribution in [3.8, 4) is 0 Å². The molecule has 0 atom stereocenters. The molecule has 0 saturated heterocycles. The number of hydrogen-bond donors (Lipinski definition) is 2. The van der Waals surface area contributed by atoms with Crippen molar-refractivity contribution in [3.63, 3.8) is 0 Å². The van der Waals surface area contributed by atoms with E-state index in [2.05, 4.69) is 10.6 Å². The summed E-state index contributed by atoms with van der Waals surface area (Å²) < 4.78 is 68.7. The SMILES string of the molecule is CC(=O)Nc1ccc(S(=O)(=O)N(c2ccccc2F)S(=O)(=O)c2ccc(NC(C)=O)cc2)cc1. The lowest BCUT2D eigenvalue weighted by Gasteiger charge is -2.24. The molecule has 2 amide bonds. The van der Waals surface area contributed by atoms with Crippen molar-refractivity contribution in [1.29, 1.82) is 0 Å². The first-order chi connectivity index (χ1) is 15.9. The predicted octanol–water partition coefficient (Wildman–Crippen LogP) is 3.33. The molecule has 0 radical (unpaired) electrons. The molecule has 0 bridgehead atoms. The van der Waals surface area contributed by atoms with Crippen molar-refractivity contribution in [1.82, 2.24) is 0 Å². The number of rotatable bonds is 7. The van der Waals surface area contributed by atoms with Crippen LogP contribution in [0.3, 0.4) is 0 Å². The van der Waals surface area contributed by atoms with E-state index < -0.39 is 41.3 Å². The number of halogens is 1. The van der Waals surface area contributed by atoms with E-state index >= 15 is 0 Å². The smallest absolute Gasteiger partial charge is 0.277 e. The highest BCUT2D eigenvalue weighted by molar-refractivity contribution is 8.10. The fraction of sp³-hybridized carbons (Fsp3) is 0.0909. The normalized spacial score (nSPS) is 11.5. The largest absolute Gasteiger partial charge is 0.326 e. The van der Waals surface area contributed by atoms with Gasteiger partial charge in [0.2, 0.25) is 11.8 Å². The number of nitrogens with one attached hydrogen (secondary N) is 2. The maximum Gasteiger partial charge on any atom is 0.277 e. The molecule has 0 spiro atoms. The monoisotopic (exact) mass is 505 g/mol. The summed E-state index contributed by atoms with van der Waals surface area (Å²) in [6, 6.07) is 14.1. The molecule has 3 rings (SSSR count). The van der Waals surface area contributed by atoms with Crippen molar-refractivity contribution >= 4 is 48.9 Å². The van der Waals surface area contributed by atoms with Gasteiger partial charge >= 0.3 is 0 Å². The Kier molecular flexibility index (Phi) is 7.03. The Labute approximate surface area is 196 Å². The molecule has 34 heavy (non-hydrogen) atoms. The fourth-order valence-electron chi connectivity index (χ4n) is 3.01. The lowest BCUT2D eigenvalue weighted by Crippen LogP contribution is -2.37. The van der Waals surface area contributed by atoms with Gasteiger partial charge in [-0.05, 0) is 60.7 Å². The minimum absolute atomic E-state index is 0.0240. The number of anilines is 3. The lowest BCUT2D eigenvalue weighted by atomic mass is 10.3. The summed E-state index contributed by atoms with van der Waals surface area (Å²) in [5.74, 6) is -1.83. The summed E-state index contributed by atoms with van der Waals surface area (Å²) in [6.07, 6.45) is 0. The van der Waals surface area contributed by atoms with Crippen LogP contribution in [0.15, 0.2) is 82.6 Å². The van der Waals surface area contributed by atoms with E-state index in [1.807, 2.05) is 0 Å². The van der Waals surface area contributed by atoms with E-state index in [1.165, 1.54) is 50.2 Å². The number of benzene rings is 3. The topological polar surface area (TPSA) is 130 Å². The van der Waals surface area contributed by atoms with E-state index in [0.29, 0.717) is 11.4 Å². The number of nitrogens with zero attached hydrogens (tertiary/aromatic N) is 1. The maximum atomic E-state index is 14.7. The lowest BCUT2D eigenvalue weighted by molar-refractivity contribution is -0.115. The molecule has 9 nitrogen and oxygen atoms in total. The fourth-order valence-corrected chi connectivity index (χ4v) is 6.71. The van der Waals surface area contributed by atoms with Crippen molar-refractivity contribution in [2.24, 2.45) is 0 Å². The van der Waals surface area contributed by atoms with Gasteiger partial charge < -0.3 is 10.6 Å². The van der Waals surface area contributed by atoms with Gasteiger partial charge in [0.05, 0.1) is 9.79 Å². The summed E-state index contributed by atoms with van der Waals surface area (Å²) in [5, 5.41) is 4.95. The average molecular weight is 506 g/mol. The zero-order valence-electron chi connectivity index (χ0n) is 18.0. The van der Waals surface area contributed by atoms with Gasteiger partial charge in [-0.15, -0.1) is 0 Å². The molecule has 0 saturated carbocycles. The van der Waals surface area contributed by atoms with Gasteiger partial charge in [-0.1, -0.05) is 12.1 Å². The second-order valence-electron chi connectivity index (χ2n) is 7.07. The van der Waals surface area contributed by atoms with Crippen molar-refractivity contribution in [3.05, 3.63) is 78.6 Å². The number of carbonyl (C=O) groups excluding carboxylic acids is 2. The molecule has 0 aliphatic carbocycles. The van der Waals surface area contributed by atoms with E-state index in [4.69, 9.17) is 0 Å². The third-order valence-corrected chi connectivity index (χ3v) is 8.61. The molecule has 3 aromatic rings. The Morgan fingerprint density at radius 1 is 0.676 bits per heavy atom. The van der Waals surface area contributed by atoms with Crippen LogP contribution in [0.2, 0.25) is 0 Å². The molecule has 0 aliphatic rings. The highest BCUT2D eigenvalue weighted by Gasteiger charge is 2.38. The van der Waals surface area contributed by atoms with Crippen LogP contribution in [0.4, 0.5) is 21.5 Å². The van der Waals surface area contributed by atoms with Crippen LogP contribution in [-0.2, 0) is 29.6 Å². The Morgan fingerprint density at radius 2 is 1.06 bits per heavy atom. The second kappa shape index (κ2) is 9.61. The molecule has 178 valence electrons. The molecule has 0 unspecified atom stereocenters. The van der Waals surface area contributed by atoms with Gasteiger partial charge in [-0.3, -0.25) is 9.59 Å². The quantitative estimate of drug-likeness (QED) is 0.507. The minimum atomic E-state index is -4.83. The van der Waals surface area contributed by atoms with Gasteiger partial charge in [0, 0.05) is 25.2 Å². The zero-order chi connectivity index (χ0) is 25.1. The number of sulfonamides is 2. The first-order valence-corrected chi connectivity index (χ1v) is 12.6. The Bertz CT molecular complexity index is 1350. The average Bonchev–Trinajstić information content (AvgIpc) is 2.75. The molecule has 0 aliphatic heterocycles. The van der Waals surface area contributed by atoms with E-state index in [-0.39, 0.29) is 15.5 Å². The van der Waals surface area contributed by atoms with Gasteiger partial charge in [0.15, 0.2) is 0 Å². The third kappa shape index (κ3) is 5.24. The van der Waals surface area contributed by atoms with E-state index in [1.54, 1.807) is 0 Å². The minimum Gasteiger partial charge on any atom is -0.326 e. The molecular weight excluding hydrogens is 485 g/mol. The van der Waals surface area contributed by atoms with Crippen molar-refractivity contribution < 1.29 is 30.8 Å². The Morgan fingerprint density at radius 3 is 1.41 bits per heavy atom.